The molecule has 1 aliphatic rings. The van der Waals surface area contributed by atoms with Crippen LogP contribution in [0.25, 0.3) is 10.9 Å². The fourth-order valence-electron chi connectivity index (χ4n) is 3.60. The number of hydrogen-bond donors (Lipinski definition) is 2. The van der Waals surface area contributed by atoms with Crippen LogP contribution in [0.3, 0.4) is 0 Å². The van der Waals surface area contributed by atoms with Crippen LogP contribution in [-0.2, 0) is 6.42 Å². The monoisotopic (exact) mass is 356 g/mol. The number of fused-ring (bicyclic) bond motifs is 3. The average Bonchev–Trinajstić information content (AvgIpc) is 2.98. The van der Waals surface area contributed by atoms with E-state index in [2.05, 4.69) is 4.98 Å². The van der Waals surface area contributed by atoms with Gasteiger partial charge in [-0.25, -0.2) is 4.79 Å². The van der Waals surface area contributed by atoms with Crippen molar-refractivity contribution in [1.82, 2.24) is 9.88 Å². The highest BCUT2D eigenvalue weighted by atomic mass is 35.5. The Morgan fingerprint density at radius 1 is 1.28 bits per heavy atom. The Kier molecular flexibility index (Phi) is 3.81. The molecule has 0 radical (unpaired) electrons. The number of benzene rings is 2. The van der Waals surface area contributed by atoms with Crippen LogP contribution in [0.5, 0.6) is 5.75 Å². The molecule has 128 valence electrons. The molecule has 5 nitrogen and oxygen atoms in total. The quantitative estimate of drug-likeness (QED) is 0.712. The van der Waals surface area contributed by atoms with Gasteiger partial charge in [0.25, 0.3) is 0 Å². The van der Waals surface area contributed by atoms with E-state index in [4.69, 9.17) is 16.3 Å². The minimum absolute atomic E-state index is 0.377. The molecule has 0 aliphatic carbocycles. The van der Waals surface area contributed by atoms with Crippen LogP contribution >= 0.6 is 11.6 Å². The Labute approximate surface area is 149 Å². The van der Waals surface area contributed by atoms with Crippen molar-refractivity contribution >= 4 is 28.6 Å². The summed E-state index contributed by atoms with van der Waals surface area (Å²) in [7, 11) is 1.61. The molecule has 2 aromatic carbocycles. The van der Waals surface area contributed by atoms with E-state index in [9.17, 15) is 9.90 Å². The topological polar surface area (TPSA) is 65.6 Å². The van der Waals surface area contributed by atoms with E-state index in [0.717, 1.165) is 33.5 Å². The lowest BCUT2D eigenvalue weighted by molar-refractivity contribution is 0.128. The van der Waals surface area contributed by atoms with Gasteiger partial charge in [-0.1, -0.05) is 23.7 Å². The normalized spacial score (nSPS) is 16.7. The highest BCUT2D eigenvalue weighted by molar-refractivity contribution is 6.31. The summed E-state index contributed by atoms with van der Waals surface area (Å²) < 4.78 is 5.21. The molecule has 0 bridgehead atoms. The number of hydrogen-bond acceptors (Lipinski definition) is 2. The third kappa shape index (κ3) is 2.61. The van der Waals surface area contributed by atoms with Gasteiger partial charge in [0, 0.05) is 28.2 Å². The number of aromatic nitrogens is 1. The Bertz CT molecular complexity index is 949. The minimum Gasteiger partial charge on any atom is -0.497 e. The smallest absolute Gasteiger partial charge is 0.408 e. The standard InChI is InChI=1S/C19H17ClN2O3/c1-25-13-5-2-11(3-6-13)18-17-14(8-9-22(18)19(23)24)15-10-12(20)4-7-16(15)21-17/h2-7,10,18,21H,8-9H2,1H3,(H,23,24)/t18-/m0/s1. The van der Waals surface area contributed by atoms with E-state index in [0.29, 0.717) is 18.0 Å². The number of aromatic amines is 1. The van der Waals surface area contributed by atoms with E-state index >= 15 is 0 Å². The number of H-pyrrole nitrogens is 1. The Balaban J connectivity index is 1.89. The van der Waals surface area contributed by atoms with E-state index in [1.54, 1.807) is 7.11 Å². The van der Waals surface area contributed by atoms with Gasteiger partial charge in [-0.15, -0.1) is 0 Å². The number of carboxylic acid groups (broad SMARTS) is 1. The maximum atomic E-state index is 11.8. The number of carbonyl (C=O) groups is 1. The molecule has 1 amide bonds. The number of ether oxygens (including phenoxy) is 1. The van der Waals surface area contributed by atoms with Gasteiger partial charge in [-0.2, -0.15) is 0 Å². The van der Waals surface area contributed by atoms with Crippen molar-refractivity contribution in [1.29, 1.82) is 0 Å². The lowest BCUT2D eigenvalue weighted by atomic mass is 9.92. The highest BCUT2D eigenvalue weighted by Gasteiger charge is 2.34. The molecule has 3 aromatic rings. The fraction of sp³-hybridized carbons (Fsp3) is 0.211. The summed E-state index contributed by atoms with van der Waals surface area (Å²) in [6.45, 7) is 0.443. The molecule has 0 saturated carbocycles. The predicted octanol–water partition coefficient (Wildman–Crippen LogP) is 4.46. The van der Waals surface area contributed by atoms with Gasteiger partial charge in [0.05, 0.1) is 7.11 Å². The summed E-state index contributed by atoms with van der Waals surface area (Å²) in [4.78, 5) is 16.7. The van der Waals surface area contributed by atoms with Gasteiger partial charge in [0.2, 0.25) is 0 Å². The molecule has 0 spiro atoms. The predicted molar refractivity (Wildman–Crippen MR) is 96.6 cm³/mol. The van der Waals surface area contributed by atoms with Gasteiger partial charge in [-0.05, 0) is 47.9 Å². The Morgan fingerprint density at radius 3 is 2.72 bits per heavy atom. The Hall–Kier alpha value is -2.66. The van der Waals surface area contributed by atoms with Crippen LogP contribution in [0.15, 0.2) is 42.5 Å². The second kappa shape index (κ2) is 6.01. The SMILES string of the molecule is COc1ccc([C@H]2c3[nH]c4ccc(Cl)cc4c3CCN2C(=O)O)cc1. The average molecular weight is 357 g/mol. The van der Waals surface area contributed by atoms with Crippen molar-refractivity contribution < 1.29 is 14.6 Å². The molecule has 6 heteroatoms. The summed E-state index contributed by atoms with van der Waals surface area (Å²) in [5, 5.41) is 11.4. The zero-order valence-corrected chi connectivity index (χ0v) is 14.4. The lowest BCUT2D eigenvalue weighted by Crippen LogP contribution is -2.39. The number of nitrogens with zero attached hydrogens (tertiary/aromatic N) is 1. The first-order valence-electron chi connectivity index (χ1n) is 8.02. The van der Waals surface area contributed by atoms with Crippen LogP contribution in [0.2, 0.25) is 5.02 Å². The third-order valence-electron chi connectivity index (χ3n) is 4.77. The molecular weight excluding hydrogens is 340 g/mol. The van der Waals surface area contributed by atoms with Gasteiger partial charge < -0.3 is 14.8 Å². The van der Waals surface area contributed by atoms with E-state index in [-0.39, 0.29) is 6.04 Å². The van der Waals surface area contributed by atoms with E-state index in [1.807, 2.05) is 42.5 Å². The maximum absolute atomic E-state index is 11.8. The summed E-state index contributed by atoms with van der Waals surface area (Å²) in [6.07, 6.45) is -0.266. The molecular formula is C19H17ClN2O3. The van der Waals surface area contributed by atoms with Gasteiger partial charge in [0.1, 0.15) is 11.8 Å². The van der Waals surface area contributed by atoms with Crippen molar-refractivity contribution in [3.63, 3.8) is 0 Å². The number of methoxy groups -OCH3 is 1. The van der Waals surface area contributed by atoms with Crippen molar-refractivity contribution in [3.8, 4) is 5.75 Å². The number of halogens is 1. The number of rotatable bonds is 2. The second-order valence-corrected chi connectivity index (χ2v) is 6.55. The lowest BCUT2D eigenvalue weighted by Gasteiger charge is -2.34. The molecule has 1 aliphatic heterocycles. The highest BCUT2D eigenvalue weighted by Crippen LogP contribution is 2.39. The van der Waals surface area contributed by atoms with E-state index < -0.39 is 6.09 Å². The zero-order valence-electron chi connectivity index (χ0n) is 13.6. The molecule has 2 N–H and O–H groups in total. The third-order valence-corrected chi connectivity index (χ3v) is 5.00. The van der Waals surface area contributed by atoms with Crippen molar-refractivity contribution in [2.75, 3.05) is 13.7 Å². The van der Waals surface area contributed by atoms with Crippen LogP contribution < -0.4 is 4.74 Å². The summed E-state index contributed by atoms with van der Waals surface area (Å²) in [6, 6.07) is 12.9. The maximum Gasteiger partial charge on any atom is 0.408 e. The fourth-order valence-corrected chi connectivity index (χ4v) is 3.77. The van der Waals surface area contributed by atoms with Crippen molar-refractivity contribution in [2.45, 2.75) is 12.5 Å². The van der Waals surface area contributed by atoms with Crippen LogP contribution in [0.1, 0.15) is 22.9 Å². The molecule has 0 saturated heterocycles. The van der Waals surface area contributed by atoms with Crippen LogP contribution in [-0.4, -0.2) is 34.7 Å². The first-order chi connectivity index (χ1) is 12.1. The van der Waals surface area contributed by atoms with Crippen LogP contribution in [0.4, 0.5) is 4.79 Å². The molecule has 0 fully saturated rings. The summed E-state index contributed by atoms with van der Waals surface area (Å²) in [5.74, 6) is 0.741. The first kappa shape index (κ1) is 15.8. The molecule has 0 unspecified atom stereocenters. The number of nitrogens with one attached hydrogen (secondary N) is 1. The van der Waals surface area contributed by atoms with Gasteiger partial charge >= 0.3 is 6.09 Å². The first-order valence-corrected chi connectivity index (χ1v) is 8.40. The van der Waals surface area contributed by atoms with Gasteiger partial charge in [0.15, 0.2) is 0 Å². The van der Waals surface area contributed by atoms with Crippen molar-refractivity contribution in [2.24, 2.45) is 0 Å². The largest absolute Gasteiger partial charge is 0.497 e. The van der Waals surface area contributed by atoms with Crippen LogP contribution in [0, 0.1) is 0 Å². The minimum atomic E-state index is -0.928. The molecule has 2 heterocycles. The molecule has 1 atom stereocenters. The van der Waals surface area contributed by atoms with E-state index in [1.165, 1.54) is 4.90 Å². The summed E-state index contributed by atoms with van der Waals surface area (Å²) >= 11 is 6.15. The molecule has 1 aromatic heterocycles. The molecule has 4 rings (SSSR count). The summed E-state index contributed by atoms with van der Waals surface area (Å²) in [5.41, 5.74) is 3.92. The van der Waals surface area contributed by atoms with Crippen molar-refractivity contribution in [3.05, 3.63) is 64.3 Å². The number of amides is 1. The Morgan fingerprint density at radius 2 is 2.04 bits per heavy atom. The van der Waals surface area contributed by atoms with Gasteiger partial charge in [-0.3, -0.25) is 4.90 Å². The second-order valence-electron chi connectivity index (χ2n) is 6.11. The molecule has 25 heavy (non-hydrogen) atoms. The zero-order chi connectivity index (χ0) is 17.6.